The molecule has 1 saturated heterocycles. The van der Waals surface area contributed by atoms with Crippen molar-refractivity contribution >= 4 is 22.8 Å². The van der Waals surface area contributed by atoms with Gasteiger partial charge in [-0.3, -0.25) is 4.79 Å². The third kappa shape index (κ3) is 3.73. The van der Waals surface area contributed by atoms with E-state index in [2.05, 4.69) is 0 Å². The second-order valence-electron chi connectivity index (χ2n) is 6.21. The molecule has 6 heteroatoms. The van der Waals surface area contributed by atoms with E-state index in [0.29, 0.717) is 17.5 Å². The van der Waals surface area contributed by atoms with Gasteiger partial charge in [-0.25, -0.2) is 9.59 Å². The van der Waals surface area contributed by atoms with Gasteiger partial charge in [0.2, 0.25) is 0 Å². The summed E-state index contributed by atoms with van der Waals surface area (Å²) in [6.45, 7) is 2.37. The van der Waals surface area contributed by atoms with Gasteiger partial charge in [0, 0.05) is 18.0 Å². The second kappa shape index (κ2) is 7.51. The zero-order chi connectivity index (χ0) is 17.8. The van der Waals surface area contributed by atoms with Crippen LogP contribution in [-0.2, 0) is 9.53 Å². The van der Waals surface area contributed by atoms with E-state index in [1.54, 1.807) is 29.2 Å². The molecule has 0 aliphatic carbocycles. The summed E-state index contributed by atoms with van der Waals surface area (Å²) in [5.41, 5.74) is -0.558. The van der Waals surface area contributed by atoms with Gasteiger partial charge in [0.25, 0.3) is 5.91 Å². The zero-order valence-corrected chi connectivity index (χ0v) is 14.2. The van der Waals surface area contributed by atoms with Gasteiger partial charge >= 0.3 is 11.6 Å². The van der Waals surface area contributed by atoms with E-state index in [1.165, 1.54) is 6.07 Å². The first-order valence-electron chi connectivity index (χ1n) is 8.59. The quantitative estimate of drug-likeness (QED) is 0.630. The summed E-state index contributed by atoms with van der Waals surface area (Å²) in [7, 11) is 0. The summed E-state index contributed by atoms with van der Waals surface area (Å²) in [6.07, 6.45) is 3.93. The average molecular weight is 343 g/mol. The topological polar surface area (TPSA) is 76.8 Å². The highest BCUT2D eigenvalue weighted by Crippen LogP contribution is 2.19. The SMILES string of the molecule is CC[C@@H]1CCCCN1C(=O)COC(=O)c1cc2ccccc2oc1=O. The van der Waals surface area contributed by atoms with Gasteiger partial charge in [0.15, 0.2) is 6.61 Å². The number of amides is 1. The van der Waals surface area contributed by atoms with Gasteiger partial charge in [-0.1, -0.05) is 25.1 Å². The van der Waals surface area contributed by atoms with E-state index in [0.717, 1.165) is 25.7 Å². The highest BCUT2D eigenvalue weighted by atomic mass is 16.5. The minimum atomic E-state index is -0.835. The standard InChI is InChI=1S/C19H21NO5/c1-2-14-8-5-6-10-20(14)17(21)12-24-18(22)15-11-13-7-3-4-9-16(13)25-19(15)23/h3-4,7,9,11,14H,2,5-6,8,10,12H2,1H3/t14-/m1/s1. The molecule has 132 valence electrons. The first kappa shape index (κ1) is 17.2. The number of hydrogen-bond acceptors (Lipinski definition) is 5. The van der Waals surface area contributed by atoms with Crippen molar-refractivity contribution in [2.75, 3.05) is 13.2 Å². The molecule has 2 heterocycles. The number of rotatable bonds is 4. The van der Waals surface area contributed by atoms with Gasteiger partial charge in [-0.2, -0.15) is 0 Å². The zero-order valence-electron chi connectivity index (χ0n) is 14.2. The Balaban J connectivity index is 1.69. The molecule has 2 aromatic rings. The van der Waals surface area contributed by atoms with E-state index in [9.17, 15) is 14.4 Å². The first-order chi connectivity index (χ1) is 12.1. The van der Waals surface area contributed by atoms with Gasteiger partial charge in [0.1, 0.15) is 11.1 Å². The highest BCUT2D eigenvalue weighted by molar-refractivity contribution is 5.94. The number of piperidine rings is 1. The Bertz CT molecular complexity index is 841. The van der Waals surface area contributed by atoms with Crippen molar-refractivity contribution < 1.29 is 18.7 Å². The average Bonchev–Trinajstić information content (AvgIpc) is 2.65. The summed E-state index contributed by atoms with van der Waals surface area (Å²) in [6, 6.07) is 8.54. The van der Waals surface area contributed by atoms with E-state index in [4.69, 9.17) is 9.15 Å². The van der Waals surface area contributed by atoms with Crippen molar-refractivity contribution in [1.82, 2.24) is 4.90 Å². The number of carbonyl (C=O) groups excluding carboxylic acids is 2. The molecule has 3 rings (SSSR count). The molecule has 0 spiro atoms. The van der Waals surface area contributed by atoms with E-state index >= 15 is 0 Å². The van der Waals surface area contributed by atoms with Crippen LogP contribution in [0.2, 0.25) is 0 Å². The third-order valence-electron chi connectivity index (χ3n) is 4.61. The molecular weight excluding hydrogens is 322 g/mol. The van der Waals surface area contributed by atoms with E-state index in [-0.39, 0.29) is 24.1 Å². The Morgan fingerprint density at radius 3 is 2.88 bits per heavy atom. The molecule has 0 N–H and O–H groups in total. The number of esters is 1. The van der Waals surface area contributed by atoms with Crippen LogP contribution in [0.25, 0.3) is 11.0 Å². The van der Waals surface area contributed by atoms with Crippen LogP contribution in [0.4, 0.5) is 0 Å². The molecule has 1 fully saturated rings. The van der Waals surface area contributed by atoms with Crippen LogP contribution in [0, 0.1) is 0 Å². The van der Waals surface area contributed by atoms with E-state index < -0.39 is 11.6 Å². The number of hydrogen-bond donors (Lipinski definition) is 0. The molecule has 0 saturated carbocycles. The summed E-state index contributed by atoms with van der Waals surface area (Å²) < 4.78 is 10.2. The fourth-order valence-corrected chi connectivity index (χ4v) is 3.25. The van der Waals surface area contributed by atoms with Crippen LogP contribution in [0.1, 0.15) is 43.0 Å². The maximum Gasteiger partial charge on any atom is 0.351 e. The number of para-hydroxylation sites is 1. The summed E-state index contributed by atoms with van der Waals surface area (Å²) in [4.78, 5) is 38.3. The molecule has 1 aliphatic rings. The predicted octanol–water partition coefficient (Wildman–Crippen LogP) is 2.74. The second-order valence-corrected chi connectivity index (χ2v) is 6.21. The molecule has 0 radical (unpaired) electrons. The summed E-state index contributed by atoms with van der Waals surface area (Å²) in [5, 5.41) is 0.627. The lowest BCUT2D eigenvalue weighted by Gasteiger charge is -2.35. The number of likely N-dealkylation sites (tertiary alicyclic amines) is 1. The number of fused-ring (bicyclic) bond motifs is 1. The van der Waals surface area contributed by atoms with Crippen LogP contribution in [0.5, 0.6) is 0 Å². The number of benzene rings is 1. The minimum Gasteiger partial charge on any atom is -0.452 e. The number of nitrogens with zero attached hydrogens (tertiary/aromatic N) is 1. The number of carbonyl (C=O) groups is 2. The fourth-order valence-electron chi connectivity index (χ4n) is 3.25. The lowest BCUT2D eigenvalue weighted by atomic mass is 10.00. The Morgan fingerprint density at radius 1 is 1.28 bits per heavy atom. The molecule has 0 bridgehead atoms. The predicted molar refractivity (Wildman–Crippen MR) is 92.4 cm³/mol. The molecule has 1 atom stereocenters. The van der Waals surface area contributed by atoms with Crippen molar-refractivity contribution in [3.8, 4) is 0 Å². The van der Waals surface area contributed by atoms with Gasteiger partial charge in [-0.05, 0) is 37.8 Å². The maximum atomic E-state index is 12.3. The van der Waals surface area contributed by atoms with Crippen LogP contribution >= 0.6 is 0 Å². The van der Waals surface area contributed by atoms with Crippen molar-refractivity contribution in [2.24, 2.45) is 0 Å². The van der Waals surface area contributed by atoms with Crippen molar-refractivity contribution in [2.45, 2.75) is 38.6 Å². The van der Waals surface area contributed by atoms with Crippen molar-refractivity contribution in [3.63, 3.8) is 0 Å². The Kier molecular flexibility index (Phi) is 5.16. The van der Waals surface area contributed by atoms with Gasteiger partial charge < -0.3 is 14.1 Å². The van der Waals surface area contributed by atoms with E-state index in [1.807, 2.05) is 6.92 Å². The maximum absolute atomic E-state index is 12.3. The molecule has 0 unspecified atom stereocenters. The lowest BCUT2D eigenvalue weighted by Crippen LogP contribution is -2.45. The monoisotopic (exact) mass is 343 g/mol. The molecule has 1 aliphatic heterocycles. The van der Waals surface area contributed by atoms with Crippen molar-refractivity contribution in [3.05, 3.63) is 46.3 Å². The normalized spacial score (nSPS) is 17.5. The van der Waals surface area contributed by atoms with Crippen LogP contribution < -0.4 is 5.63 Å². The van der Waals surface area contributed by atoms with Crippen LogP contribution in [0.15, 0.2) is 39.5 Å². The molecule has 25 heavy (non-hydrogen) atoms. The molecule has 1 amide bonds. The van der Waals surface area contributed by atoms with Crippen molar-refractivity contribution in [1.29, 1.82) is 0 Å². The molecule has 1 aromatic carbocycles. The number of ether oxygens (including phenoxy) is 1. The lowest BCUT2D eigenvalue weighted by molar-refractivity contribution is -0.138. The summed E-state index contributed by atoms with van der Waals surface area (Å²) in [5.74, 6) is -1.05. The largest absolute Gasteiger partial charge is 0.452 e. The van der Waals surface area contributed by atoms with Crippen LogP contribution in [-0.4, -0.2) is 36.0 Å². The Hall–Kier alpha value is -2.63. The highest BCUT2D eigenvalue weighted by Gasteiger charge is 2.26. The molecule has 6 nitrogen and oxygen atoms in total. The summed E-state index contributed by atoms with van der Waals surface area (Å²) >= 11 is 0. The van der Waals surface area contributed by atoms with Gasteiger partial charge in [0.05, 0.1) is 0 Å². The molecular formula is C19H21NO5. The first-order valence-corrected chi connectivity index (χ1v) is 8.59. The fraction of sp³-hybridized carbons (Fsp3) is 0.421. The Morgan fingerprint density at radius 2 is 2.08 bits per heavy atom. The Labute approximate surface area is 145 Å². The molecule has 1 aromatic heterocycles. The minimum absolute atomic E-state index is 0.197. The van der Waals surface area contributed by atoms with Gasteiger partial charge in [-0.15, -0.1) is 0 Å². The van der Waals surface area contributed by atoms with Crippen LogP contribution in [0.3, 0.4) is 0 Å². The third-order valence-corrected chi connectivity index (χ3v) is 4.61. The smallest absolute Gasteiger partial charge is 0.351 e.